The van der Waals surface area contributed by atoms with Crippen molar-refractivity contribution in [2.45, 2.75) is 17.7 Å². The van der Waals surface area contributed by atoms with Crippen LogP contribution in [0.2, 0.25) is 0 Å². The summed E-state index contributed by atoms with van der Waals surface area (Å²) in [6, 6.07) is 5.94. The Bertz CT molecular complexity index is 482. The van der Waals surface area contributed by atoms with Gasteiger partial charge in [0.25, 0.3) is 0 Å². The van der Waals surface area contributed by atoms with Crippen molar-refractivity contribution < 1.29 is 13.5 Å². The highest BCUT2D eigenvalue weighted by molar-refractivity contribution is 7.89. The molecule has 1 aromatic rings. The van der Waals surface area contributed by atoms with Crippen LogP contribution >= 0.6 is 0 Å². The number of allylic oxidation sites excluding steroid dienone is 1. The SMILES string of the molecule is C=CCCCN(C)S(=O)(=O)c1ccccc1O. The monoisotopic (exact) mass is 255 g/mol. The molecule has 1 N–H and O–H groups in total. The van der Waals surface area contributed by atoms with Crippen LogP contribution in [0.15, 0.2) is 41.8 Å². The van der Waals surface area contributed by atoms with Crippen molar-refractivity contribution in [2.24, 2.45) is 0 Å². The Kier molecular flexibility index (Phi) is 4.72. The summed E-state index contributed by atoms with van der Waals surface area (Å²) >= 11 is 0. The highest BCUT2D eigenvalue weighted by atomic mass is 32.2. The van der Waals surface area contributed by atoms with E-state index in [0.29, 0.717) is 13.0 Å². The molecule has 0 atom stereocenters. The predicted molar refractivity (Wildman–Crippen MR) is 67.4 cm³/mol. The second-order valence-electron chi connectivity index (χ2n) is 3.73. The van der Waals surface area contributed by atoms with Crippen molar-refractivity contribution >= 4 is 10.0 Å². The molecule has 0 amide bonds. The van der Waals surface area contributed by atoms with Crippen molar-refractivity contribution in [3.8, 4) is 5.75 Å². The van der Waals surface area contributed by atoms with Crippen molar-refractivity contribution in [2.75, 3.05) is 13.6 Å². The number of phenols is 1. The fourth-order valence-corrected chi connectivity index (χ4v) is 2.71. The Hall–Kier alpha value is -1.33. The first kappa shape index (κ1) is 13.7. The Balaban J connectivity index is 2.88. The van der Waals surface area contributed by atoms with Gasteiger partial charge in [-0.1, -0.05) is 18.2 Å². The molecule has 5 heteroatoms. The maximum Gasteiger partial charge on any atom is 0.246 e. The topological polar surface area (TPSA) is 57.6 Å². The molecule has 1 aromatic carbocycles. The van der Waals surface area contributed by atoms with Crippen LogP contribution in [-0.2, 0) is 10.0 Å². The summed E-state index contributed by atoms with van der Waals surface area (Å²) in [5.41, 5.74) is 0. The molecule has 1 rings (SSSR count). The Morgan fingerprint density at radius 2 is 2.06 bits per heavy atom. The van der Waals surface area contributed by atoms with Gasteiger partial charge in [-0.3, -0.25) is 0 Å². The Labute approximate surface area is 102 Å². The minimum atomic E-state index is -3.60. The van der Waals surface area contributed by atoms with E-state index >= 15 is 0 Å². The van der Waals surface area contributed by atoms with Crippen LogP contribution in [0.1, 0.15) is 12.8 Å². The van der Waals surface area contributed by atoms with E-state index in [1.54, 1.807) is 18.2 Å². The molecule has 17 heavy (non-hydrogen) atoms. The molecule has 0 spiro atoms. The van der Waals surface area contributed by atoms with Gasteiger partial charge in [0.05, 0.1) is 0 Å². The normalized spacial score (nSPS) is 11.6. The number of nitrogens with zero attached hydrogens (tertiary/aromatic N) is 1. The summed E-state index contributed by atoms with van der Waals surface area (Å²) in [4.78, 5) is -0.0545. The third-order valence-corrected chi connectivity index (χ3v) is 4.34. The number of benzene rings is 1. The van der Waals surface area contributed by atoms with Gasteiger partial charge >= 0.3 is 0 Å². The van der Waals surface area contributed by atoms with Crippen molar-refractivity contribution in [1.82, 2.24) is 4.31 Å². The highest BCUT2D eigenvalue weighted by Gasteiger charge is 2.22. The summed E-state index contributed by atoms with van der Waals surface area (Å²) in [5, 5.41) is 9.54. The Morgan fingerprint density at radius 1 is 1.41 bits per heavy atom. The van der Waals surface area contributed by atoms with E-state index in [1.807, 2.05) is 0 Å². The van der Waals surface area contributed by atoms with E-state index in [1.165, 1.54) is 23.5 Å². The lowest BCUT2D eigenvalue weighted by Crippen LogP contribution is -2.27. The number of hydrogen-bond acceptors (Lipinski definition) is 3. The van der Waals surface area contributed by atoms with Crippen LogP contribution in [0.4, 0.5) is 0 Å². The van der Waals surface area contributed by atoms with Gasteiger partial charge in [0.2, 0.25) is 10.0 Å². The van der Waals surface area contributed by atoms with Gasteiger partial charge in [-0.25, -0.2) is 12.7 Å². The molecule has 0 aliphatic carbocycles. The van der Waals surface area contributed by atoms with Gasteiger partial charge in [-0.2, -0.15) is 0 Å². The molecule has 0 aliphatic rings. The van der Waals surface area contributed by atoms with Crippen molar-refractivity contribution in [3.05, 3.63) is 36.9 Å². The lowest BCUT2D eigenvalue weighted by Gasteiger charge is -2.17. The van der Waals surface area contributed by atoms with Crippen LogP contribution in [0, 0.1) is 0 Å². The van der Waals surface area contributed by atoms with E-state index in [-0.39, 0.29) is 10.6 Å². The van der Waals surface area contributed by atoms with Gasteiger partial charge in [0.1, 0.15) is 10.6 Å². The highest BCUT2D eigenvalue weighted by Crippen LogP contribution is 2.24. The van der Waals surface area contributed by atoms with E-state index in [4.69, 9.17) is 0 Å². The lowest BCUT2D eigenvalue weighted by molar-refractivity contribution is 0.439. The maximum atomic E-state index is 12.1. The minimum absolute atomic E-state index is 0.0545. The molecule has 0 saturated heterocycles. The summed E-state index contributed by atoms with van der Waals surface area (Å²) in [6.45, 7) is 3.99. The Morgan fingerprint density at radius 3 is 2.65 bits per heavy atom. The molecule has 0 bridgehead atoms. The quantitative estimate of drug-likeness (QED) is 0.624. The van der Waals surface area contributed by atoms with E-state index < -0.39 is 10.0 Å². The number of sulfonamides is 1. The zero-order valence-corrected chi connectivity index (χ0v) is 10.7. The van der Waals surface area contributed by atoms with Crippen molar-refractivity contribution in [1.29, 1.82) is 0 Å². The first-order valence-corrected chi connectivity index (χ1v) is 6.79. The lowest BCUT2D eigenvalue weighted by atomic mass is 10.3. The van der Waals surface area contributed by atoms with Crippen LogP contribution in [0.25, 0.3) is 0 Å². The predicted octanol–water partition coefficient (Wildman–Crippen LogP) is 1.98. The maximum absolute atomic E-state index is 12.1. The third kappa shape index (κ3) is 3.31. The number of para-hydroxylation sites is 1. The molecular weight excluding hydrogens is 238 g/mol. The first-order chi connectivity index (χ1) is 8.00. The van der Waals surface area contributed by atoms with Gasteiger partial charge in [-0.05, 0) is 25.0 Å². The van der Waals surface area contributed by atoms with E-state index in [2.05, 4.69) is 6.58 Å². The largest absolute Gasteiger partial charge is 0.507 e. The number of aromatic hydroxyl groups is 1. The number of hydrogen-bond donors (Lipinski definition) is 1. The number of rotatable bonds is 6. The summed E-state index contributed by atoms with van der Waals surface area (Å²) in [5.74, 6) is -0.219. The zero-order valence-electron chi connectivity index (χ0n) is 9.83. The van der Waals surface area contributed by atoms with Gasteiger partial charge in [-0.15, -0.1) is 6.58 Å². The molecule has 0 saturated carbocycles. The zero-order chi connectivity index (χ0) is 12.9. The standard InChI is InChI=1S/C12H17NO3S/c1-3-4-7-10-13(2)17(15,16)12-9-6-5-8-11(12)14/h3,5-6,8-9,14H,1,4,7,10H2,2H3. The molecule has 94 valence electrons. The molecular formula is C12H17NO3S. The fraction of sp³-hybridized carbons (Fsp3) is 0.333. The fourth-order valence-electron chi connectivity index (χ4n) is 1.42. The molecule has 0 fully saturated rings. The number of phenolic OH excluding ortho intramolecular Hbond substituents is 1. The molecule has 0 heterocycles. The molecule has 0 radical (unpaired) electrons. The van der Waals surface area contributed by atoms with Gasteiger partial charge < -0.3 is 5.11 Å². The second-order valence-corrected chi connectivity index (χ2v) is 5.74. The molecule has 0 unspecified atom stereocenters. The molecule has 4 nitrogen and oxygen atoms in total. The summed E-state index contributed by atoms with van der Waals surface area (Å²) < 4.78 is 25.4. The smallest absolute Gasteiger partial charge is 0.246 e. The summed E-state index contributed by atoms with van der Waals surface area (Å²) in [7, 11) is -2.10. The van der Waals surface area contributed by atoms with Crippen LogP contribution in [0.3, 0.4) is 0 Å². The third-order valence-electron chi connectivity index (χ3n) is 2.43. The van der Waals surface area contributed by atoms with E-state index in [9.17, 15) is 13.5 Å². The molecule has 0 aromatic heterocycles. The summed E-state index contributed by atoms with van der Waals surface area (Å²) in [6.07, 6.45) is 3.23. The van der Waals surface area contributed by atoms with E-state index in [0.717, 1.165) is 6.42 Å². The van der Waals surface area contributed by atoms with Crippen molar-refractivity contribution in [3.63, 3.8) is 0 Å². The van der Waals surface area contributed by atoms with Crippen LogP contribution < -0.4 is 0 Å². The second kappa shape index (κ2) is 5.84. The van der Waals surface area contributed by atoms with Crippen LogP contribution in [-0.4, -0.2) is 31.4 Å². The number of unbranched alkanes of at least 4 members (excludes halogenated alkanes) is 1. The van der Waals surface area contributed by atoms with Crippen LogP contribution in [0.5, 0.6) is 5.75 Å². The minimum Gasteiger partial charge on any atom is -0.507 e. The van der Waals surface area contributed by atoms with Gasteiger partial charge in [0.15, 0.2) is 0 Å². The average molecular weight is 255 g/mol. The first-order valence-electron chi connectivity index (χ1n) is 5.35. The molecule has 0 aliphatic heterocycles. The van der Waals surface area contributed by atoms with Gasteiger partial charge in [0, 0.05) is 13.6 Å². The average Bonchev–Trinajstić information content (AvgIpc) is 2.29.